The lowest BCUT2D eigenvalue weighted by Crippen LogP contribution is -2.41. The maximum Gasteiger partial charge on any atom is 0.268 e. The molecule has 0 bridgehead atoms. The van der Waals surface area contributed by atoms with Crippen LogP contribution < -0.4 is 10.1 Å². The van der Waals surface area contributed by atoms with Gasteiger partial charge in [0.25, 0.3) is 5.91 Å². The Hall–Kier alpha value is -2.80. The van der Waals surface area contributed by atoms with Gasteiger partial charge in [0.05, 0.1) is 25.5 Å². The number of ether oxygens (including phenoxy) is 1. The van der Waals surface area contributed by atoms with Crippen LogP contribution in [-0.2, 0) is 7.05 Å². The van der Waals surface area contributed by atoms with E-state index in [0.29, 0.717) is 18.5 Å². The first-order chi connectivity index (χ1) is 13.0. The van der Waals surface area contributed by atoms with Crippen LogP contribution in [0.5, 0.6) is 5.75 Å². The summed E-state index contributed by atoms with van der Waals surface area (Å²) in [6.45, 7) is 1.93. The van der Waals surface area contributed by atoms with Crippen LogP contribution in [0.3, 0.4) is 0 Å². The van der Waals surface area contributed by atoms with Gasteiger partial charge >= 0.3 is 0 Å². The fourth-order valence-electron chi connectivity index (χ4n) is 3.85. The number of rotatable bonds is 5. The fraction of sp³-hybridized carbons (Fsp3) is 0.400. The van der Waals surface area contributed by atoms with Crippen LogP contribution in [0.25, 0.3) is 10.9 Å². The Morgan fingerprint density at radius 1 is 1.44 bits per heavy atom. The molecule has 1 aliphatic carbocycles. The van der Waals surface area contributed by atoms with E-state index in [4.69, 9.17) is 4.74 Å². The molecule has 0 saturated heterocycles. The third kappa shape index (κ3) is 3.19. The van der Waals surface area contributed by atoms with Crippen LogP contribution in [0.15, 0.2) is 30.6 Å². The highest BCUT2D eigenvalue weighted by Crippen LogP contribution is 2.38. The number of fused-ring (bicyclic) bond motifs is 1. The van der Waals surface area contributed by atoms with Gasteiger partial charge in [-0.3, -0.25) is 9.48 Å². The Balaban J connectivity index is 1.63. The molecule has 7 nitrogen and oxygen atoms in total. The van der Waals surface area contributed by atoms with Gasteiger partial charge in [-0.25, -0.2) is 0 Å². The third-order valence-corrected chi connectivity index (χ3v) is 5.48. The zero-order valence-electron chi connectivity index (χ0n) is 15.7. The minimum atomic E-state index is -0.284. The number of carbonyl (C=O) groups excluding carboxylic acids is 1. The molecule has 4 rings (SSSR count). The smallest absolute Gasteiger partial charge is 0.268 e. The van der Waals surface area contributed by atoms with Crippen molar-refractivity contribution in [1.29, 1.82) is 0 Å². The second-order valence-corrected chi connectivity index (χ2v) is 7.32. The molecule has 0 aliphatic heterocycles. The van der Waals surface area contributed by atoms with Crippen molar-refractivity contribution >= 4 is 16.8 Å². The molecule has 7 heteroatoms. The molecule has 27 heavy (non-hydrogen) atoms. The molecule has 142 valence electrons. The highest BCUT2D eigenvalue weighted by atomic mass is 16.5. The first-order valence-corrected chi connectivity index (χ1v) is 9.10. The van der Waals surface area contributed by atoms with E-state index in [2.05, 4.69) is 15.4 Å². The quantitative estimate of drug-likeness (QED) is 0.645. The zero-order chi connectivity index (χ0) is 19.1. The lowest BCUT2D eigenvalue weighted by atomic mass is 9.75. The van der Waals surface area contributed by atoms with Gasteiger partial charge in [-0.2, -0.15) is 5.10 Å². The molecule has 1 amide bonds. The van der Waals surface area contributed by atoms with Gasteiger partial charge in [0, 0.05) is 29.7 Å². The first kappa shape index (κ1) is 17.6. The van der Waals surface area contributed by atoms with Crippen molar-refractivity contribution in [1.82, 2.24) is 20.1 Å². The van der Waals surface area contributed by atoms with Crippen molar-refractivity contribution in [3.05, 3.63) is 47.4 Å². The monoisotopic (exact) mass is 368 g/mol. The van der Waals surface area contributed by atoms with E-state index in [-0.39, 0.29) is 24.0 Å². The molecule has 1 saturated carbocycles. The van der Waals surface area contributed by atoms with Gasteiger partial charge in [-0.05, 0) is 49.4 Å². The topological polar surface area (TPSA) is 92.2 Å². The van der Waals surface area contributed by atoms with Crippen LogP contribution in [0.2, 0.25) is 0 Å². The molecule has 1 aliphatic rings. The van der Waals surface area contributed by atoms with Crippen LogP contribution in [0, 0.1) is 12.8 Å². The number of aryl methyl sites for hydroxylation is 2. The average molecular weight is 368 g/mol. The molecular weight excluding hydrogens is 344 g/mol. The second kappa shape index (κ2) is 6.74. The number of nitrogens with zero attached hydrogens (tertiary/aromatic N) is 2. The van der Waals surface area contributed by atoms with Crippen molar-refractivity contribution in [3.8, 4) is 5.75 Å². The lowest BCUT2D eigenvalue weighted by Gasteiger charge is -2.37. The van der Waals surface area contributed by atoms with Gasteiger partial charge in [0.15, 0.2) is 0 Å². The number of benzene rings is 1. The number of aromatic amines is 1. The molecule has 1 fully saturated rings. The number of H-pyrrole nitrogens is 1. The Morgan fingerprint density at radius 2 is 2.22 bits per heavy atom. The summed E-state index contributed by atoms with van der Waals surface area (Å²) in [5.41, 5.74) is 3.29. The Labute approximate surface area is 157 Å². The maximum absolute atomic E-state index is 13.0. The number of amides is 1. The van der Waals surface area contributed by atoms with Crippen molar-refractivity contribution in [3.63, 3.8) is 0 Å². The number of nitrogens with one attached hydrogen (secondary N) is 2. The third-order valence-electron chi connectivity index (χ3n) is 5.48. The molecule has 2 aromatic heterocycles. The number of hydrogen-bond acceptors (Lipinski definition) is 4. The minimum Gasteiger partial charge on any atom is -0.497 e. The summed E-state index contributed by atoms with van der Waals surface area (Å²) in [5.74, 6) is 0.809. The summed E-state index contributed by atoms with van der Waals surface area (Å²) >= 11 is 0. The molecule has 3 N–H and O–H groups in total. The predicted molar refractivity (Wildman–Crippen MR) is 102 cm³/mol. The second-order valence-electron chi connectivity index (χ2n) is 7.32. The summed E-state index contributed by atoms with van der Waals surface area (Å²) in [7, 11) is 3.48. The molecule has 0 spiro atoms. The van der Waals surface area contributed by atoms with E-state index in [9.17, 15) is 9.90 Å². The number of aliphatic hydroxyl groups is 1. The molecule has 0 radical (unpaired) electrons. The number of aliphatic hydroxyl groups excluding tert-OH is 1. The Morgan fingerprint density at radius 3 is 2.85 bits per heavy atom. The molecule has 2 heterocycles. The number of carbonyl (C=O) groups is 1. The van der Waals surface area contributed by atoms with Crippen molar-refractivity contribution in [2.45, 2.75) is 31.9 Å². The molecule has 1 aromatic carbocycles. The van der Waals surface area contributed by atoms with Gasteiger partial charge in [0.1, 0.15) is 11.4 Å². The van der Waals surface area contributed by atoms with Gasteiger partial charge in [-0.15, -0.1) is 0 Å². The zero-order valence-corrected chi connectivity index (χ0v) is 15.7. The molecular formula is C20H24N4O3. The van der Waals surface area contributed by atoms with E-state index in [1.165, 1.54) is 0 Å². The molecule has 1 atom stereocenters. The van der Waals surface area contributed by atoms with Crippen LogP contribution in [-0.4, -0.2) is 39.0 Å². The van der Waals surface area contributed by atoms with Crippen molar-refractivity contribution in [2.24, 2.45) is 13.0 Å². The number of methoxy groups -OCH3 is 1. The van der Waals surface area contributed by atoms with Gasteiger partial charge in [-0.1, -0.05) is 0 Å². The van der Waals surface area contributed by atoms with Crippen molar-refractivity contribution in [2.75, 3.05) is 7.11 Å². The highest BCUT2D eigenvalue weighted by molar-refractivity contribution is 6.01. The fourth-order valence-corrected chi connectivity index (χ4v) is 3.85. The van der Waals surface area contributed by atoms with E-state index >= 15 is 0 Å². The van der Waals surface area contributed by atoms with Gasteiger partial charge < -0.3 is 20.1 Å². The Bertz CT molecular complexity index is 984. The van der Waals surface area contributed by atoms with Crippen LogP contribution in [0.4, 0.5) is 0 Å². The van der Waals surface area contributed by atoms with Crippen molar-refractivity contribution < 1.29 is 14.6 Å². The average Bonchev–Trinajstić information content (AvgIpc) is 3.20. The lowest BCUT2D eigenvalue weighted by molar-refractivity contribution is 0.0234. The number of aromatic nitrogens is 3. The summed E-state index contributed by atoms with van der Waals surface area (Å²) < 4.78 is 7.01. The van der Waals surface area contributed by atoms with Crippen LogP contribution >= 0.6 is 0 Å². The summed E-state index contributed by atoms with van der Waals surface area (Å²) in [5, 5.41) is 18.1. The minimum absolute atomic E-state index is 0.155. The molecule has 0 unspecified atom stereocenters. The summed E-state index contributed by atoms with van der Waals surface area (Å²) in [4.78, 5) is 16.3. The standard InChI is InChI=1S/C20H24N4O3/c1-11-16-8-15(27-3)4-5-17(16)22-18(11)20(26)23-19(12-6-14(25)7-12)13-9-21-24(2)10-13/h4-5,8-10,12,14,19,22,25H,6-7H2,1-3H3,(H,23,26)/t12?,14?,19-/m0/s1. The van der Waals surface area contributed by atoms with E-state index in [1.807, 2.05) is 38.4 Å². The van der Waals surface area contributed by atoms with E-state index in [0.717, 1.165) is 27.8 Å². The summed E-state index contributed by atoms with van der Waals surface area (Å²) in [6.07, 6.45) is 4.77. The number of hydrogen-bond donors (Lipinski definition) is 3. The van der Waals surface area contributed by atoms with E-state index < -0.39 is 0 Å². The predicted octanol–water partition coefficient (Wildman–Crippen LogP) is 2.46. The summed E-state index contributed by atoms with van der Waals surface area (Å²) in [6, 6.07) is 5.54. The molecule has 3 aromatic rings. The van der Waals surface area contributed by atoms with E-state index in [1.54, 1.807) is 18.0 Å². The van der Waals surface area contributed by atoms with Gasteiger partial charge in [0.2, 0.25) is 0 Å². The maximum atomic E-state index is 13.0. The normalized spacial score (nSPS) is 20.3. The van der Waals surface area contributed by atoms with Crippen LogP contribution in [0.1, 0.15) is 40.5 Å². The highest BCUT2D eigenvalue weighted by Gasteiger charge is 2.36. The largest absolute Gasteiger partial charge is 0.497 e. The SMILES string of the molecule is COc1ccc2[nH]c(C(=O)N[C@H](c3cnn(C)c3)C3CC(O)C3)c(C)c2c1. The Kier molecular flexibility index (Phi) is 4.39. The first-order valence-electron chi connectivity index (χ1n) is 9.10.